The predicted octanol–water partition coefficient (Wildman–Crippen LogP) is 2.23. The average molecular weight is 385 g/mol. The average Bonchev–Trinajstić information content (AvgIpc) is 2.84. The lowest BCUT2D eigenvalue weighted by Crippen LogP contribution is -2.61. The molecule has 27 heavy (non-hydrogen) atoms. The number of benzene rings is 1. The lowest BCUT2D eigenvalue weighted by atomic mass is 9.87. The minimum absolute atomic E-state index is 0.105. The maximum atomic E-state index is 13.8. The lowest BCUT2D eigenvalue weighted by molar-refractivity contribution is -0.148. The zero-order valence-corrected chi connectivity index (χ0v) is 15.5. The van der Waals surface area contributed by atoms with Gasteiger partial charge in [-0.3, -0.25) is 4.90 Å². The van der Waals surface area contributed by atoms with Gasteiger partial charge in [-0.25, -0.2) is 4.39 Å². The molecule has 2 aliphatic rings. The summed E-state index contributed by atoms with van der Waals surface area (Å²) in [5.41, 5.74) is -2.40. The SMILES string of the molecule is O[C@H]1CCN(CC2(O)CCCCCC2)C[C@]1(O)COc1cccc(F)c1F. The second-order valence-electron chi connectivity index (χ2n) is 8.10. The third-order valence-corrected chi connectivity index (χ3v) is 5.78. The van der Waals surface area contributed by atoms with Crippen molar-refractivity contribution >= 4 is 0 Å². The summed E-state index contributed by atoms with van der Waals surface area (Å²) in [4.78, 5) is 1.93. The second-order valence-corrected chi connectivity index (χ2v) is 8.10. The van der Waals surface area contributed by atoms with Gasteiger partial charge >= 0.3 is 0 Å². The van der Waals surface area contributed by atoms with Crippen LogP contribution in [0.1, 0.15) is 44.9 Å². The number of aliphatic hydroxyl groups excluding tert-OH is 1. The molecule has 3 N–H and O–H groups in total. The molecule has 152 valence electrons. The Balaban J connectivity index is 1.64. The van der Waals surface area contributed by atoms with E-state index in [1.165, 1.54) is 12.1 Å². The highest BCUT2D eigenvalue weighted by Gasteiger charge is 2.44. The van der Waals surface area contributed by atoms with Crippen molar-refractivity contribution in [2.24, 2.45) is 0 Å². The van der Waals surface area contributed by atoms with Crippen LogP contribution in [0.5, 0.6) is 5.75 Å². The van der Waals surface area contributed by atoms with Gasteiger partial charge in [0.15, 0.2) is 11.6 Å². The quantitative estimate of drug-likeness (QED) is 0.678. The van der Waals surface area contributed by atoms with E-state index in [0.717, 1.165) is 44.6 Å². The Morgan fingerprint density at radius 1 is 1.11 bits per heavy atom. The Labute approximate surface area is 158 Å². The van der Waals surface area contributed by atoms with E-state index >= 15 is 0 Å². The fourth-order valence-electron chi connectivity index (χ4n) is 4.18. The molecule has 1 saturated heterocycles. The number of β-amino-alcohol motifs (C(OH)–C–C–N with tert-alkyl or cyclic N) is 2. The molecule has 1 aliphatic heterocycles. The zero-order chi connectivity index (χ0) is 19.5. The Kier molecular flexibility index (Phi) is 6.35. The number of rotatable bonds is 5. The van der Waals surface area contributed by atoms with Gasteiger partial charge in [0.25, 0.3) is 0 Å². The summed E-state index contributed by atoms with van der Waals surface area (Å²) in [5.74, 6) is -2.44. The standard InChI is InChI=1S/C20H29F2NO4/c21-15-6-5-7-16(18(15)22)27-14-20(26)13-23(11-8-17(20)24)12-19(25)9-3-1-2-4-10-19/h5-7,17,24-26H,1-4,8-14H2/t17-,20-/m0/s1. The van der Waals surface area contributed by atoms with Crippen molar-refractivity contribution in [1.29, 1.82) is 0 Å². The van der Waals surface area contributed by atoms with Crippen LogP contribution in [-0.4, -0.2) is 63.8 Å². The van der Waals surface area contributed by atoms with Gasteiger partial charge in [-0.05, 0) is 31.4 Å². The maximum Gasteiger partial charge on any atom is 0.200 e. The lowest BCUT2D eigenvalue weighted by Gasteiger charge is -2.44. The van der Waals surface area contributed by atoms with Crippen LogP contribution in [0.2, 0.25) is 0 Å². The summed E-state index contributed by atoms with van der Waals surface area (Å²) < 4.78 is 32.4. The van der Waals surface area contributed by atoms with Crippen molar-refractivity contribution in [1.82, 2.24) is 4.90 Å². The van der Waals surface area contributed by atoms with Crippen LogP contribution in [0.25, 0.3) is 0 Å². The maximum absolute atomic E-state index is 13.8. The molecule has 7 heteroatoms. The minimum atomic E-state index is -1.61. The third kappa shape index (κ3) is 4.96. The third-order valence-electron chi connectivity index (χ3n) is 5.78. The summed E-state index contributed by atoms with van der Waals surface area (Å²) in [6.45, 7) is 0.730. The Bertz CT molecular complexity index is 636. The fraction of sp³-hybridized carbons (Fsp3) is 0.700. The van der Waals surface area contributed by atoms with Gasteiger partial charge in [0.1, 0.15) is 12.2 Å². The van der Waals surface area contributed by atoms with Crippen molar-refractivity contribution in [3.63, 3.8) is 0 Å². The molecular weight excluding hydrogens is 356 g/mol. The normalized spacial score (nSPS) is 29.3. The monoisotopic (exact) mass is 385 g/mol. The van der Waals surface area contributed by atoms with E-state index in [-0.39, 0.29) is 18.9 Å². The van der Waals surface area contributed by atoms with Crippen LogP contribution in [0.15, 0.2) is 18.2 Å². The highest BCUT2D eigenvalue weighted by Crippen LogP contribution is 2.31. The predicted molar refractivity (Wildman–Crippen MR) is 96.5 cm³/mol. The molecule has 1 heterocycles. The fourth-order valence-corrected chi connectivity index (χ4v) is 4.18. The Morgan fingerprint density at radius 2 is 1.81 bits per heavy atom. The molecule has 2 fully saturated rings. The van der Waals surface area contributed by atoms with E-state index in [2.05, 4.69) is 0 Å². The second kappa shape index (κ2) is 8.39. The Hall–Kier alpha value is -1.28. The molecule has 0 amide bonds. The highest BCUT2D eigenvalue weighted by atomic mass is 19.2. The molecule has 2 atom stereocenters. The molecule has 1 aromatic rings. The van der Waals surface area contributed by atoms with Crippen LogP contribution in [0.3, 0.4) is 0 Å². The number of hydrogen-bond acceptors (Lipinski definition) is 5. The van der Waals surface area contributed by atoms with Crippen LogP contribution < -0.4 is 4.74 Å². The molecule has 0 bridgehead atoms. The molecule has 1 aliphatic carbocycles. The smallest absolute Gasteiger partial charge is 0.200 e. The first-order valence-corrected chi connectivity index (χ1v) is 9.73. The van der Waals surface area contributed by atoms with E-state index in [4.69, 9.17) is 4.74 Å². The van der Waals surface area contributed by atoms with Crippen LogP contribution >= 0.6 is 0 Å². The van der Waals surface area contributed by atoms with Crippen LogP contribution in [0, 0.1) is 11.6 Å². The van der Waals surface area contributed by atoms with Crippen molar-refractivity contribution in [2.45, 2.75) is 62.3 Å². The van der Waals surface area contributed by atoms with Gasteiger partial charge in [-0.15, -0.1) is 0 Å². The van der Waals surface area contributed by atoms with E-state index in [1.807, 2.05) is 4.90 Å². The van der Waals surface area contributed by atoms with Crippen molar-refractivity contribution in [2.75, 3.05) is 26.2 Å². The van der Waals surface area contributed by atoms with Crippen molar-refractivity contribution in [3.05, 3.63) is 29.8 Å². The molecule has 5 nitrogen and oxygen atoms in total. The molecule has 1 saturated carbocycles. The highest BCUT2D eigenvalue weighted by molar-refractivity contribution is 5.25. The van der Waals surface area contributed by atoms with E-state index in [9.17, 15) is 24.1 Å². The van der Waals surface area contributed by atoms with Crippen LogP contribution in [-0.2, 0) is 0 Å². The molecule has 0 radical (unpaired) electrons. The summed E-state index contributed by atoms with van der Waals surface area (Å²) in [6.07, 6.45) is 4.97. The number of likely N-dealkylation sites (tertiary alicyclic amines) is 1. The van der Waals surface area contributed by atoms with Gasteiger partial charge in [0, 0.05) is 19.6 Å². The number of aliphatic hydroxyl groups is 3. The molecule has 0 aromatic heterocycles. The zero-order valence-electron chi connectivity index (χ0n) is 15.5. The summed E-state index contributed by atoms with van der Waals surface area (Å²) in [7, 11) is 0. The van der Waals surface area contributed by atoms with E-state index < -0.39 is 28.9 Å². The van der Waals surface area contributed by atoms with E-state index in [1.54, 1.807) is 0 Å². The molecule has 0 spiro atoms. The number of hydrogen-bond donors (Lipinski definition) is 3. The van der Waals surface area contributed by atoms with Gasteiger partial charge < -0.3 is 20.1 Å². The number of nitrogens with zero attached hydrogens (tertiary/aromatic N) is 1. The Morgan fingerprint density at radius 3 is 2.52 bits per heavy atom. The minimum Gasteiger partial charge on any atom is -0.487 e. The topological polar surface area (TPSA) is 73.2 Å². The van der Waals surface area contributed by atoms with Gasteiger partial charge in [-0.1, -0.05) is 31.7 Å². The van der Waals surface area contributed by atoms with E-state index in [0.29, 0.717) is 19.5 Å². The summed E-state index contributed by atoms with van der Waals surface area (Å²) in [5, 5.41) is 32.1. The largest absolute Gasteiger partial charge is 0.487 e. The summed E-state index contributed by atoms with van der Waals surface area (Å²) in [6, 6.07) is 3.59. The van der Waals surface area contributed by atoms with Gasteiger partial charge in [-0.2, -0.15) is 4.39 Å². The van der Waals surface area contributed by atoms with Crippen LogP contribution in [0.4, 0.5) is 8.78 Å². The first-order valence-electron chi connectivity index (χ1n) is 9.73. The van der Waals surface area contributed by atoms with Gasteiger partial charge in [0.2, 0.25) is 5.82 Å². The number of halogens is 2. The molecular formula is C20H29F2NO4. The molecule has 1 aromatic carbocycles. The van der Waals surface area contributed by atoms with Gasteiger partial charge in [0.05, 0.1) is 11.7 Å². The van der Waals surface area contributed by atoms with Crippen molar-refractivity contribution < 1.29 is 28.8 Å². The van der Waals surface area contributed by atoms with Crippen molar-refractivity contribution in [3.8, 4) is 5.75 Å². The molecule has 3 rings (SSSR count). The summed E-state index contributed by atoms with van der Waals surface area (Å²) >= 11 is 0. The first-order chi connectivity index (χ1) is 12.8. The molecule has 0 unspecified atom stereocenters. The first kappa shape index (κ1) is 20.5. The number of ether oxygens (including phenoxy) is 1. The number of piperidine rings is 1.